The van der Waals surface area contributed by atoms with Gasteiger partial charge in [0.05, 0.1) is 51.5 Å². The molecule has 0 bridgehead atoms. The molecule has 0 radical (unpaired) electrons. The predicted octanol–water partition coefficient (Wildman–Crippen LogP) is 10.4. The van der Waals surface area contributed by atoms with Crippen molar-refractivity contribution in [2.75, 3.05) is 0 Å². The Morgan fingerprint density at radius 3 is 1.77 bits per heavy atom. The van der Waals surface area contributed by atoms with Crippen LogP contribution in [0.25, 0.3) is 77.2 Å². The van der Waals surface area contributed by atoms with E-state index in [0.717, 1.165) is 77.2 Å². The molecule has 6 aromatic carbocycles. The zero-order chi connectivity index (χ0) is 32.2. The summed E-state index contributed by atoms with van der Waals surface area (Å²) in [6.07, 6.45) is 3.78. The van der Waals surface area contributed by atoms with Crippen LogP contribution in [0.15, 0.2) is 152 Å². The fourth-order valence-electron chi connectivity index (χ4n) is 7.21. The molecule has 0 aliphatic heterocycles. The van der Waals surface area contributed by atoms with E-state index in [-0.39, 0.29) is 0 Å². The van der Waals surface area contributed by atoms with Gasteiger partial charge in [0.1, 0.15) is 0 Å². The van der Waals surface area contributed by atoms with Gasteiger partial charge in [-0.05, 0) is 77.4 Å². The summed E-state index contributed by atoms with van der Waals surface area (Å²) < 4.78 is 4.58. The molecular weight excluding hydrogens is 587 g/mol. The van der Waals surface area contributed by atoms with Crippen LogP contribution in [-0.2, 0) is 0 Å². The van der Waals surface area contributed by atoms with Crippen molar-refractivity contribution in [1.29, 1.82) is 10.5 Å². The molecule has 0 saturated heterocycles. The smallest absolute Gasteiger partial charge is 0.0998 e. The molecule has 0 spiro atoms. The molecule has 0 amide bonds. The minimum Gasteiger partial charge on any atom is -0.309 e. The summed E-state index contributed by atoms with van der Waals surface area (Å²) in [5, 5.41) is 24.2. The van der Waals surface area contributed by atoms with Crippen LogP contribution in [0.5, 0.6) is 0 Å². The molecule has 0 fully saturated rings. The van der Waals surface area contributed by atoms with Crippen LogP contribution in [0.4, 0.5) is 0 Å². The molecular formula is C43H25N5. The average Bonchev–Trinajstić information content (AvgIpc) is 3.67. The highest BCUT2D eigenvalue weighted by Crippen LogP contribution is 2.40. The first-order valence-electron chi connectivity index (χ1n) is 15.7. The number of nitrogens with zero attached hydrogens (tertiary/aromatic N) is 5. The Morgan fingerprint density at radius 2 is 1.04 bits per heavy atom. The number of pyridine rings is 1. The minimum absolute atomic E-state index is 0.628. The largest absolute Gasteiger partial charge is 0.309 e. The van der Waals surface area contributed by atoms with Crippen molar-refractivity contribution in [3.63, 3.8) is 0 Å². The van der Waals surface area contributed by atoms with E-state index < -0.39 is 0 Å². The zero-order valence-corrected chi connectivity index (χ0v) is 25.7. The molecule has 0 atom stereocenters. The molecule has 0 saturated carbocycles. The van der Waals surface area contributed by atoms with Crippen molar-refractivity contribution >= 4 is 43.6 Å². The van der Waals surface area contributed by atoms with Gasteiger partial charge in [0.2, 0.25) is 0 Å². The molecule has 48 heavy (non-hydrogen) atoms. The molecule has 0 aliphatic rings. The summed E-state index contributed by atoms with van der Waals surface area (Å²) >= 11 is 0. The normalized spacial score (nSPS) is 11.3. The second-order valence-corrected chi connectivity index (χ2v) is 11.9. The Bertz CT molecular complexity index is 2770. The van der Waals surface area contributed by atoms with Crippen molar-refractivity contribution in [3.05, 3.63) is 163 Å². The van der Waals surface area contributed by atoms with Crippen molar-refractivity contribution in [3.8, 4) is 45.8 Å². The van der Waals surface area contributed by atoms with Gasteiger partial charge in [-0.15, -0.1) is 0 Å². The van der Waals surface area contributed by atoms with Crippen LogP contribution in [0.1, 0.15) is 11.1 Å². The quantitative estimate of drug-likeness (QED) is 0.199. The molecule has 3 aromatic heterocycles. The molecule has 5 heteroatoms. The number of benzene rings is 6. The number of hydrogen-bond donors (Lipinski definition) is 0. The first kappa shape index (κ1) is 27.4. The lowest BCUT2D eigenvalue weighted by Gasteiger charge is -2.17. The van der Waals surface area contributed by atoms with Gasteiger partial charge in [0.25, 0.3) is 0 Å². The summed E-state index contributed by atoms with van der Waals surface area (Å²) in [5.41, 5.74) is 11.3. The first-order valence-corrected chi connectivity index (χ1v) is 15.7. The third-order valence-electron chi connectivity index (χ3n) is 9.27. The highest BCUT2D eigenvalue weighted by atomic mass is 15.0. The van der Waals surface area contributed by atoms with Gasteiger partial charge in [-0.1, -0.05) is 78.9 Å². The van der Waals surface area contributed by atoms with Crippen LogP contribution in [0.3, 0.4) is 0 Å². The van der Waals surface area contributed by atoms with Crippen LogP contribution < -0.4 is 0 Å². The number of para-hydroxylation sites is 2. The van der Waals surface area contributed by atoms with Crippen molar-refractivity contribution in [2.24, 2.45) is 0 Å². The molecule has 9 aromatic rings. The van der Waals surface area contributed by atoms with Gasteiger partial charge in [-0.3, -0.25) is 4.98 Å². The first-order chi connectivity index (χ1) is 23.7. The lowest BCUT2D eigenvalue weighted by Crippen LogP contribution is -2.01. The Morgan fingerprint density at radius 1 is 0.458 bits per heavy atom. The van der Waals surface area contributed by atoms with Crippen molar-refractivity contribution in [2.45, 2.75) is 0 Å². The second kappa shape index (κ2) is 10.8. The molecule has 9 rings (SSSR count). The summed E-state index contributed by atoms with van der Waals surface area (Å²) in [7, 11) is 0. The molecule has 0 aliphatic carbocycles. The summed E-state index contributed by atoms with van der Waals surface area (Å²) in [6, 6.07) is 52.3. The predicted molar refractivity (Wildman–Crippen MR) is 193 cm³/mol. The number of hydrogen-bond acceptors (Lipinski definition) is 3. The van der Waals surface area contributed by atoms with Gasteiger partial charge in [0.15, 0.2) is 0 Å². The summed E-state index contributed by atoms with van der Waals surface area (Å²) in [4.78, 5) is 4.54. The highest BCUT2D eigenvalue weighted by molar-refractivity contribution is 6.11. The molecule has 3 heterocycles. The maximum Gasteiger partial charge on any atom is 0.0998 e. The van der Waals surface area contributed by atoms with E-state index in [1.807, 2.05) is 67.0 Å². The SMILES string of the molecule is N#Cc1ccc2c(c1)c1ccccc1n2-c1cc(-c2ccccc2-c2ccccc2C#N)cc(-n2c3ccccc3c3ccncc32)c1. The fraction of sp³-hybridized carbons (Fsp3) is 0. The van der Waals surface area contributed by atoms with Gasteiger partial charge in [-0.2, -0.15) is 10.5 Å². The van der Waals surface area contributed by atoms with E-state index >= 15 is 0 Å². The van der Waals surface area contributed by atoms with Crippen LogP contribution in [-0.4, -0.2) is 14.1 Å². The van der Waals surface area contributed by atoms with E-state index in [0.29, 0.717) is 11.1 Å². The van der Waals surface area contributed by atoms with Crippen LogP contribution in [0.2, 0.25) is 0 Å². The molecule has 5 nitrogen and oxygen atoms in total. The Kier molecular flexibility index (Phi) is 6.18. The maximum absolute atomic E-state index is 10.0. The van der Waals surface area contributed by atoms with E-state index in [2.05, 4.69) is 111 Å². The third-order valence-corrected chi connectivity index (χ3v) is 9.27. The van der Waals surface area contributed by atoms with E-state index in [1.54, 1.807) is 0 Å². The standard InChI is InChI=1S/C43H25N5/c44-25-28-17-18-42-39(21-28)37-14-6-8-16-41(37)47(42)31-22-30(34-11-3-4-12-35(34)33-10-2-1-9-29(33)26-45)23-32(24-31)48-40-15-7-5-13-36(40)38-19-20-46-27-43(38)48/h1-24,27H. The van der Waals surface area contributed by atoms with E-state index in [1.165, 1.54) is 0 Å². The molecule has 0 unspecified atom stereocenters. The van der Waals surface area contributed by atoms with Gasteiger partial charge < -0.3 is 9.13 Å². The lowest BCUT2D eigenvalue weighted by atomic mass is 9.91. The Labute approximate surface area is 276 Å². The van der Waals surface area contributed by atoms with E-state index in [9.17, 15) is 10.5 Å². The zero-order valence-electron chi connectivity index (χ0n) is 25.7. The highest BCUT2D eigenvalue weighted by Gasteiger charge is 2.19. The number of fused-ring (bicyclic) bond motifs is 6. The maximum atomic E-state index is 10.0. The van der Waals surface area contributed by atoms with Gasteiger partial charge in [-0.25, -0.2) is 0 Å². The monoisotopic (exact) mass is 611 g/mol. The number of nitriles is 2. The molecule has 0 N–H and O–H groups in total. The van der Waals surface area contributed by atoms with Crippen molar-refractivity contribution in [1.82, 2.24) is 14.1 Å². The summed E-state index contributed by atoms with van der Waals surface area (Å²) in [6.45, 7) is 0. The minimum atomic E-state index is 0.628. The number of aromatic nitrogens is 3. The number of rotatable bonds is 4. The van der Waals surface area contributed by atoms with Crippen molar-refractivity contribution < 1.29 is 0 Å². The lowest BCUT2D eigenvalue weighted by molar-refractivity contribution is 1.13. The average molecular weight is 612 g/mol. The summed E-state index contributed by atoms with van der Waals surface area (Å²) in [5.74, 6) is 0. The third kappa shape index (κ3) is 4.13. The van der Waals surface area contributed by atoms with Gasteiger partial charge in [0, 0.05) is 44.7 Å². The van der Waals surface area contributed by atoms with Crippen LogP contribution in [0, 0.1) is 22.7 Å². The second-order valence-electron chi connectivity index (χ2n) is 11.9. The Balaban J connectivity index is 1.41. The topological polar surface area (TPSA) is 70.3 Å². The molecule has 222 valence electrons. The van der Waals surface area contributed by atoms with E-state index in [4.69, 9.17) is 0 Å². The Hall–Kier alpha value is -6.95. The fourth-order valence-corrected chi connectivity index (χ4v) is 7.21. The van der Waals surface area contributed by atoms with Gasteiger partial charge >= 0.3 is 0 Å². The van der Waals surface area contributed by atoms with Crippen LogP contribution >= 0.6 is 0 Å².